The van der Waals surface area contributed by atoms with Gasteiger partial charge in [-0.05, 0) is 35.4 Å². The predicted molar refractivity (Wildman–Crippen MR) is 72.7 cm³/mol. The van der Waals surface area contributed by atoms with Crippen molar-refractivity contribution < 1.29 is 14.6 Å². The molecule has 2 aromatic carbocycles. The lowest BCUT2D eigenvalue weighted by Gasteiger charge is -2.05. The van der Waals surface area contributed by atoms with E-state index in [4.69, 9.17) is 9.84 Å². The Hall–Kier alpha value is -1.81. The summed E-state index contributed by atoms with van der Waals surface area (Å²) in [6.07, 6.45) is 0. The number of carbonyl (C=O) groups is 1. The van der Waals surface area contributed by atoms with Crippen molar-refractivity contribution >= 4 is 21.9 Å². The highest BCUT2D eigenvalue weighted by atomic mass is 79.9. The number of carboxylic acid groups (broad SMARTS) is 1. The molecule has 0 bridgehead atoms. The predicted octanol–water partition coefficient (Wildman–Crippen LogP) is 3.58. The van der Waals surface area contributed by atoms with Crippen LogP contribution in [-0.4, -0.2) is 17.7 Å². The van der Waals surface area contributed by atoms with Gasteiger partial charge in [0.1, 0.15) is 5.75 Å². The maximum absolute atomic E-state index is 10.4. The molecule has 0 aromatic heterocycles. The van der Waals surface area contributed by atoms with Gasteiger partial charge in [-0.2, -0.15) is 0 Å². The Balaban J connectivity index is 2.12. The molecule has 3 nitrogen and oxygen atoms in total. The minimum atomic E-state index is -0.980. The minimum absolute atomic E-state index is 0.322. The van der Waals surface area contributed by atoms with Gasteiger partial charge >= 0.3 is 5.97 Å². The van der Waals surface area contributed by atoms with E-state index >= 15 is 0 Å². The smallest absolute Gasteiger partial charge is 0.341 e. The third kappa shape index (κ3) is 3.34. The van der Waals surface area contributed by atoms with Gasteiger partial charge < -0.3 is 9.84 Å². The maximum atomic E-state index is 10.4. The summed E-state index contributed by atoms with van der Waals surface area (Å²) in [6, 6.07) is 15.3. The summed E-state index contributed by atoms with van der Waals surface area (Å²) >= 11 is 3.39. The van der Waals surface area contributed by atoms with Gasteiger partial charge in [-0.15, -0.1) is 0 Å². The van der Waals surface area contributed by atoms with E-state index in [2.05, 4.69) is 15.9 Å². The molecule has 0 unspecified atom stereocenters. The van der Waals surface area contributed by atoms with Crippen molar-refractivity contribution in [1.29, 1.82) is 0 Å². The topological polar surface area (TPSA) is 46.5 Å². The van der Waals surface area contributed by atoms with Crippen molar-refractivity contribution in [2.45, 2.75) is 0 Å². The number of benzene rings is 2. The van der Waals surface area contributed by atoms with Gasteiger partial charge in [0.2, 0.25) is 0 Å². The van der Waals surface area contributed by atoms with Crippen LogP contribution < -0.4 is 4.74 Å². The highest BCUT2D eigenvalue weighted by molar-refractivity contribution is 9.10. The Labute approximate surface area is 113 Å². The number of rotatable bonds is 4. The molecule has 0 aliphatic rings. The van der Waals surface area contributed by atoms with Gasteiger partial charge in [-0.25, -0.2) is 4.79 Å². The first kappa shape index (κ1) is 12.6. The lowest BCUT2D eigenvalue weighted by atomic mass is 10.1. The maximum Gasteiger partial charge on any atom is 0.341 e. The second kappa shape index (κ2) is 5.69. The van der Waals surface area contributed by atoms with Crippen LogP contribution in [0.3, 0.4) is 0 Å². The van der Waals surface area contributed by atoms with Gasteiger partial charge in [0.15, 0.2) is 6.61 Å². The Kier molecular flexibility index (Phi) is 3.99. The highest BCUT2D eigenvalue weighted by Gasteiger charge is 2.01. The number of halogens is 1. The zero-order chi connectivity index (χ0) is 13.0. The van der Waals surface area contributed by atoms with Crippen molar-refractivity contribution in [1.82, 2.24) is 0 Å². The quantitative estimate of drug-likeness (QED) is 0.939. The SMILES string of the molecule is O=C(O)COc1ccc(-c2ccc(Br)cc2)cc1. The van der Waals surface area contributed by atoms with E-state index < -0.39 is 5.97 Å². The van der Waals surface area contributed by atoms with E-state index in [0.717, 1.165) is 15.6 Å². The van der Waals surface area contributed by atoms with Crippen LogP contribution in [0.25, 0.3) is 11.1 Å². The molecule has 0 atom stereocenters. The summed E-state index contributed by atoms with van der Waals surface area (Å²) in [5.74, 6) is -0.426. The van der Waals surface area contributed by atoms with E-state index in [1.54, 1.807) is 12.1 Å². The van der Waals surface area contributed by atoms with Crippen molar-refractivity contribution in [3.05, 3.63) is 53.0 Å². The van der Waals surface area contributed by atoms with Crippen LogP contribution in [0, 0.1) is 0 Å². The molecule has 0 spiro atoms. The van der Waals surface area contributed by atoms with Crippen LogP contribution in [0.2, 0.25) is 0 Å². The monoisotopic (exact) mass is 306 g/mol. The third-order valence-electron chi connectivity index (χ3n) is 2.39. The van der Waals surface area contributed by atoms with Crippen LogP contribution >= 0.6 is 15.9 Å². The lowest BCUT2D eigenvalue weighted by Crippen LogP contribution is -2.09. The number of carboxylic acids is 1. The molecular weight excluding hydrogens is 296 g/mol. The molecule has 0 fully saturated rings. The minimum Gasteiger partial charge on any atom is -0.482 e. The fourth-order valence-electron chi connectivity index (χ4n) is 1.53. The summed E-state index contributed by atoms with van der Waals surface area (Å²) < 4.78 is 6.11. The second-order valence-electron chi connectivity index (χ2n) is 3.71. The van der Waals surface area contributed by atoms with Crippen molar-refractivity contribution in [2.24, 2.45) is 0 Å². The fourth-order valence-corrected chi connectivity index (χ4v) is 1.80. The fraction of sp³-hybridized carbons (Fsp3) is 0.0714. The zero-order valence-corrected chi connectivity index (χ0v) is 11.1. The first-order chi connectivity index (χ1) is 8.65. The van der Waals surface area contributed by atoms with E-state index in [1.165, 1.54) is 0 Å². The number of ether oxygens (including phenoxy) is 1. The normalized spacial score (nSPS) is 10.1. The number of aliphatic carboxylic acids is 1. The number of hydrogen-bond donors (Lipinski definition) is 1. The van der Waals surface area contributed by atoms with Gasteiger partial charge in [-0.1, -0.05) is 40.2 Å². The standard InChI is InChI=1S/C14H11BrO3/c15-12-5-1-10(2-6-12)11-3-7-13(8-4-11)18-9-14(16)17/h1-8H,9H2,(H,16,17). The number of hydrogen-bond acceptors (Lipinski definition) is 2. The molecule has 1 N–H and O–H groups in total. The molecule has 4 heteroatoms. The molecule has 0 saturated heterocycles. The molecule has 2 aromatic rings. The molecule has 0 amide bonds. The molecule has 2 rings (SSSR count). The van der Waals surface area contributed by atoms with Crippen molar-refractivity contribution in [2.75, 3.05) is 6.61 Å². The van der Waals surface area contributed by atoms with E-state index in [1.807, 2.05) is 36.4 Å². The Morgan fingerprint density at radius 1 is 1.00 bits per heavy atom. The van der Waals surface area contributed by atoms with Crippen molar-refractivity contribution in [3.63, 3.8) is 0 Å². The van der Waals surface area contributed by atoms with Crippen molar-refractivity contribution in [3.8, 4) is 16.9 Å². The van der Waals surface area contributed by atoms with Crippen LogP contribution in [0.5, 0.6) is 5.75 Å². The molecule has 92 valence electrons. The largest absolute Gasteiger partial charge is 0.482 e. The molecule has 0 radical (unpaired) electrons. The summed E-state index contributed by atoms with van der Waals surface area (Å²) in [4.78, 5) is 10.4. The van der Waals surface area contributed by atoms with Gasteiger partial charge in [0.25, 0.3) is 0 Å². The van der Waals surface area contributed by atoms with Crippen LogP contribution in [0.15, 0.2) is 53.0 Å². The summed E-state index contributed by atoms with van der Waals surface area (Å²) in [5.41, 5.74) is 2.16. The molecule has 18 heavy (non-hydrogen) atoms. The molecule has 0 heterocycles. The lowest BCUT2D eigenvalue weighted by molar-refractivity contribution is -0.139. The van der Waals surface area contributed by atoms with E-state index in [0.29, 0.717) is 5.75 Å². The highest BCUT2D eigenvalue weighted by Crippen LogP contribution is 2.23. The van der Waals surface area contributed by atoms with E-state index in [9.17, 15) is 4.79 Å². The Bertz CT molecular complexity index is 532. The van der Waals surface area contributed by atoms with Gasteiger partial charge in [0.05, 0.1) is 0 Å². The summed E-state index contributed by atoms with van der Waals surface area (Å²) in [5, 5.41) is 8.50. The first-order valence-electron chi connectivity index (χ1n) is 5.36. The average molecular weight is 307 g/mol. The Morgan fingerprint density at radius 2 is 1.50 bits per heavy atom. The summed E-state index contributed by atoms with van der Waals surface area (Å²) in [7, 11) is 0. The van der Waals surface area contributed by atoms with E-state index in [-0.39, 0.29) is 6.61 Å². The third-order valence-corrected chi connectivity index (χ3v) is 2.92. The van der Waals surface area contributed by atoms with Gasteiger partial charge in [-0.3, -0.25) is 0 Å². The zero-order valence-electron chi connectivity index (χ0n) is 9.47. The summed E-state index contributed by atoms with van der Waals surface area (Å²) in [6.45, 7) is -0.322. The molecular formula is C14H11BrO3. The van der Waals surface area contributed by atoms with Crippen LogP contribution in [0.1, 0.15) is 0 Å². The van der Waals surface area contributed by atoms with Gasteiger partial charge in [0, 0.05) is 4.47 Å². The molecule has 0 aliphatic heterocycles. The molecule has 0 aliphatic carbocycles. The molecule has 0 saturated carbocycles. The average Bonchev–Trinajstić information content (AvgIpc) is 2.38. The Morgan fingerprint density at radius 3 is 2.00 bits per heavy atom. The van der Waals surface area contributed by atoms with Crippen LogP contribution in [0.4, 0.5) is 0 Å². The van der Waals surface area contributed by atoms with Crippen LogP contribution in [-0.2, 0) is 4.79 Å². The second-order valence-corrected chi connectivity index (χ2v) is 4.63. The first-order valence-corrected chi connectivity index (χ1v) is 6.15.